The summed E-state index contributed by atoms with van der Waals surface area (Å²) >= 11 is 0. The SMILES string of the molecule is Cc1noc(C)c1CN1CC[C@@H]2O[C@H](C(=O)N3CCOCC3)C[C@@H]21.O=C(O)C(F)(F)F. The highest BCUT2D eigenvalue weighted by atomic mass is 19.4. The zero-order valence-electron chi connectivity index (χ0n) is 17.4. The van der Waals surface area contributed by atoms with E-state index < -0.39 is 12.1 Å². The van der Waals surface area contributed by atoms with Crippen LogP contribution in [-0.2, 0) is 25.6 Å². The van der Waals surface area contributed by atoms with Crippen molar-refractivity contribution in [2.24, 2.45) is 0 Å². The van der Waals surface area contributed by atoms with Gasteiger partial charge in [-0.15, -0.1) is 0 Å². The topological polar surface area (TPSA) is 105 Å². The third-order valence-corrected chi connectivity index (χ3v) is 5.78. The Labute approximate surface area is 177 Å². The maximum Gasteiger partial charge on any atom is 0.490 e. The number of halogens is 3. The minimum Gasteiger partial charge on any atom is -0.475 e. The van der Waals surface area contributed by atoms with Crippen LogP contribution in [0, 0.1) is 13.8 Å². The fraction of sp³-hybridized carbons (Fsp3) is 0.737. The first-order valence-electron chi connectivity index (χ1n) is 10.1. The van der Waals surface area contributed by atoms with Gasteiger partial charge in [-0.25, -0.2) is 4.79 Å². The number of carbonyl (C=O) groups is 2. The maximum absolute atomic E-state index is 12.7. The molecule has 3 saturated heterocycles. The molecule has 1 aromatic rings. The molecule has 1 amide bonds. The number of carboxylic acid groups (broad SMARTS) is 1. The van der Waals surface area contributed by atoms with Crippen LogP contribution in [0.4, 0.5) is 13.2 Å². The van der Waals surface area contributed by atoms with E-state index >= 15 is 0 Å². The van der Waals surface area contributed by atoms with Gasteiger partial charge in [-0.3, -0.25) is 9.69 Å². The van der Waals surface area contributed by atoms with Crippen molar-refractivity contribution in [2.45, 2.75) is 57.7 Å². The molecule has 3 aliphatic heterocycles. The summed E-state index contributed by atoms with van der Waals surface area (Å²) in [7, 11) is 0. The molecular formula is C19H26F3N3O6. The Kier molecular flexibility index (Phi) is 7.22. The van der Waals surface area contributed by atoms with Crippen LogP contribution in [0.2, 0.25) is 0 Å². The number of aromatic nitrogens is 1. The van der Waals surface area contributed by atoms with Gasteiger partial charge in [0.1, 0.15) is 11.9 Å². The van der Waals surface area contributed by atoms with Gasteiger partial charge in [-0.1, -0.05) is 5.16 Å². The monoisotopic (exact) mass is 449 g/mol. The molecule has 0 bridgehead atoms. The van der Waals surface area contributed by atoms with E-state index in [0.29, 0.717) is 32.3 Å². The van der Waals surface area contributed by atoms with E-state index in [-0.39, 0.29) is 18.1 Å². The van der Waals surface area contributed by atoms with Gasteiger partial charge in [-0.05, 0) is 20.3 Å². The number of hydrogen-bond donors (Lipinski definition) is 1. The van der Waals surface area contributed by atoms with Crippen molar-refractivity contribution < 1.29 is 41.9 Å². The van der Waals surface area contributed by atoms with Gasteiger partial charge in [0, 0.05) is 44.2 Å². The average molecular weight is 449 g/mol. The molecule has 31 heavy (non-hydrogen) atoms. The number of carbonyl (C=O) groups excluding carboxylic acids is 1. The average Bonchev–Trinajstić information content (AvgIpc) is 3.39. The predicted octanol–water partition coefficient (Wildman–Crippen LogP) is 1.52. The molecule has 12 heteroatoms. The van der Waals surface area contributed by atoms with E-state index in [0.717, 1.165) is 37.4 Å². The van der Waals surface area contributed by atoms with E-state index in [4.69, 9.17) is 23.9 Å². The summed E-state index contributed by atoms with van der Waals surface area (Å²) in [5.41, 5.74) is 2.12. The third-order valence-electron chi connectivity index (χ3n) is 5.78. The van der Waals surface area contributed by atoms with E-state index in [1.807, 2.05) is 18.7 Å². The molecule has 0 saturated carbocycles. The van der Waals surface area contributed by atoms with Crippen LogP contribution in [0.5, 0.6) is 0 Å². The summed E-state index contributed by atoms with van der Waals surface area (Å²) in [6.45, 7) is 8.37. The van der Waals surface area contributed by atoms with Crippen molar-refractivity contribution in [1.29, 1.82) is 0 Å². The number of rotatable bonds is 3. The number of fused-ring (bicyclic) bond motifs is 1. The Morgan fingerprint density at radius 3 is 2.39 bits per heavy atom. The second-order valence-corrected chi connectivity index (χ2v) is 7.77. The Bertz CT molecular complexity index is 774. The summed E-state index contributed by atoms with van der Waals surface area (Å²) in [6.07, 6.45) is -3.45. The zero-order chi connectivity index (χ0) is 22.8. The van der Waals surface area contributed by atoms with Crippen LogP contribution in [0.15, 0.2) is 4.52 Å². The van der Waals surface area contributed by atoms with Gasteiger partial charge in [0.25, 0.3) is 5.91 Å². The highest BCUT2D eigenvalue weighted by molar-refractivity contribution is 5.81. The van der Waals surface area contributed by atoms with Crippen LogP contribution in [0.3, 0.4) is 0 Å². The summed E-state index contributed by atoms with van der Waals surface area (Å²) < 4.78 is 48.4. The number of aryl methyl sites for hydroxylation is 2. The molecule has 174 valence electrons. The van der Waals surface area contributed by atoms with E-state index in [9.17, 15) is 18.0 Å². The molecule has 1 N–H and O–H groups in total. The second kappa shape index (κ2) is 9.53. The normalized spacial score (nSPS) is 26.4. The van der Waals surface area contributed by atoms with Crippen LogP contribution in [-0.4, -0.2) is 89.2 Å². The molecular weight excluding hydrogens is 423 g/mol. The lowest BCUT2D eigenvalue weighted by molar-refractivity contribution is -0.192. The second-order valence-electron chi connectivity index (χ2n) is 7.77. The fourth-order valence-electron chi connectivity index (χ4n) is 4.11. The number of likely N-dealkylation sites (tertiary alicyclic amines) is 1. The van der Waals surface area contributed by atoms with Crippen molar-refractivity contribution >= 4 is 11.9 Å². The molecule has 0 aromatic carbocycles. The van der Waals surface area contributed by atoms with Crippen LogP contribution < -0.4 is 0 Å². The van der Waals surface area contributed by atoms with Gasteiger partial charge >= 0.3 is 12.1 Å². The minimum absolute atomic E-state index is 0.130. The summed E-state index contributed by atoms with van der Waals surface area (Å²) in [6, 6.07) is 0.314. The predicted molar refractivity (Wildman–Crippen MR) is 99.2 cm³/mol. The molecule has 1 aromatic heterocycles. The minimum atomic E-state index is -5.08. The summed E-state index contributed by atoms with van der Waals surface area (Å²) in [5, 5.41) is 11.2. The molecule has 0 aliphatic carbocycles. The first-order valence-corrected chi connectivity index (χ1v) is 10.1. The number of hydrogen-bond acceptors (Lipinski definition) is 7. The van der Waals surface area contributed by atoms with E-state index in [1.54, 1.807) is 0 Å². The third kappa shape index (κ3) is 5.55. The number of morpholine rings is 1. The van der Waals surface area contributed by atoms with Crippen LogP contribution >= 0.6 is 0 Å². The van der Waals surface area contributed by atoms with Crippen molar-refractivity contribution in [3.05, 3.63) is 17.0 Å². The first kappa shape index (κ1) is 23.5. The molecule has 4 heterocycles. The molecule has 3 atom stereocenters. The first-order chi connectivity index (χ1) is 14.6. The molecule has 0 unspecified atom stereocenters. The van der Waals surface area contributed by atoms with Crippen molar-refractivity contribution in [3.8, 4) is 0 Å². The Morgan fingerprint density at radius 2 is 1.84 bits per heavy atom. The van der Waals surface area contributed by atoms with Crippen molar-refractivity contribution in [1.82, 2.24) is 15.0 Å². The van der Waals surface area contributed by atoms with E-state index in [2.05, 4.69) is 10.1 Å². The van der Waals surface area contributed by atoms with Gasteiger partial charge < -0.3 is 24.0 Å². The van der Waals surface area contributed by atoms with Gasteiger partial charge in [0.15, 0.2) is 0 Å². The number of alkyl halides is 3. The van der Waals surface area contributed by atoms with Crippen molar-refractivity contribution in [3.63, 3.8) is 0 Å². The summed E-state index contributed by atoms with van der Waals surface area (Å²) in [4.78, 5) is 25.9. The number of aliphatic carboxylic acids is 1. The maximum atomic E-state index is 12.7. The Balaban J connectivity index is 0.000000339. The smallest absolute Gasteiger partial charge is 0.475 e. The lowest BCUT2D eigenvalue weighted by atomic mass is 10.1. The summed E-state index contributed by atoms with van der Waals surface area (Å²) in [5.74, 6) is -1.74. The molecule has 3 fully saturated rings. The van der Waals surface area contributed by atoms with Gasteiger partial charge in [0.05, 0.1) is 25.0 Å². The quantitative estimate of drug-likeness (QED) is 0.741. The van der Waals surface area contributed by atoms with Crippen LogP contribution in [0.1, 0.15) is 29.9 Å². The molecule has 3 aliphatic rings. The molecule has 4 rings (SSSR count). The highest BCUT2D eigenvalue weighted by Crippen LogP contribution is 2.35. The number of ether oxygens (including phenoxy) is 2. The fourth-order valence-corrected chi connectivity index (χ4v) is 4.11. The number of carboxylic acids is 1. The molecule has 9 nitrogen and oxygen atoms in total. The standard InChI is InChI=1S/C17H25N3O4.C2HF3O2/c1-11-13(12(2)24-18-11)10-20-4-3-15-14(20)9-16(23-15)17(21)19-5-7-22-8-6-19;3-2(4,5)1(6)7/h14-16H,3-10H2,1-2H3;(H,6,7)/t14-,15-,16-;/m0./s1. The Morgan fingerprint density at radius 1 is 1.19 bits per heavy atom. The Hall–Kier alpha value is -2.18. The van der Waals surface area contributed by atoms with E-state index in [1.165, 1.54) is 5.56 Å². The lowest BCUT2D eigenvalue weighted by Gasteiger charge is -2.29. The van der Waals surface area contributed by atoms with Gasteiger partial charge in [0.2, 0.25) is 0 Å². The number of nitrogens with zero attached hydrogens (tertiary/aromatic N) is 3. The zero-order valence-corrected chi connectivity index (χ0v) is 17.4. The van der Waals surface area contributed by atoms with Crippen LogP contribution in [0.25, 0.3) is 0 Å². The number of amides is 1. The largest absolute Gasteiger partial charge is 0.490 e. The highest BCUT2D eigenvalue weighted by Gasteiger charge is 2.46. The van der Waals surface area contributed by atoms with Gasteiger partial charge in [-0.2, -0.15) is 13.2 Å². The van der Waals surface area contributed by atoms with Crippen molar-refractivity contribution in [2.75, 3.05) is 32.8 Å². The molecule has 0 radical (unpaired) electrons. The lowest BCUT2D eigenvalue weighted by Crippen LogP contribution is -2.46. The molecule has 0 spiro atoms.